The van der Waals surface area contributed by atoms with Crippen LogP contribution in [0, 0.1) is 5.41 Å². The number of hydrogen-bond donors (Lipinski definition) is 2. The van der Waals surface area contributed by atoms with Crippen LogP contribution in [0.15, 0.2) is 66.9 Å². The van der Waals surface area contributed by atoms with Gasteiger partial charge in [0.1, 0.15) is 0 Å². The van der Waals surface area contributed by atoms with Gasteiger partial charge in [0.25, 0.3) is 0 Å². The highest BCUT2D eigenvalue weighted by Gasteiger charge is 2.21. The number of nitrogens with one attached hydrogen (secondary N) is 2. The molecule has 0 saturated carbocycles. The van der Waals surface area contributed by atoms with Gasteiger partial charge in [-0.3, -0.25) is 9.59 Å². The van der Waals surface area contributed by atoms with Crippen LogP contribution >= 0.6 is 0 Å². The van der Waals surface area contributed by atoms with Crippen molar-refractivity contribution < 1.29 is 9.59 Å². The first-order chi connectivity index (χ1) is 13.8. The SMILES string of the molecule is CC(C)(C)C(=O)NCC(=O)NCc1cn(-c2ccccc2)nc1-c1ccccc1. The van der Waals surface area contributed by atoms with Gasteiger partial charge in [0.05, 0.1) is 17.9 Å². The van der Waals surface area contributed by atoms with Crippen LogP contribution in [0.25, 0.3) is 16.9 Å². The Morgan fingerprint density at radius 3 is 2.17 bits per heavy atom. The topological polar surface area (TPSA) is 76.0 Å². The molecule has 0 bridgehead atoms. The van der Waals surface area contributed by atoms with Gasteiger partial charge in [-0.2, -0.15) is 5.10 Å². The minimum Gasteiger partial charge on any atom is -0.350 e. The van der Waals surface area contributed by atoms with Crippen molar-refractivity contribution in [2.75, 3.05) is 6.54 Å². The Hall–Kier alpha value is -3.41. The van der Waals surface area contributed by atoms with Crippen molar-refractivity contribution in [1.82, 2.24) is 20.4 Å². The van der Waals surface area contributed by atoms with Gasteiger partial charge in [-0.15, -0.1) is 0 Å². The highest BCUT2D eigenvalue weighted by Crippen LogP contribution is 2.23. The summed E-state index contributed by atoms with van der Waals surface area (Å²) in [5.74, 6) is -0.399. The van der Waals surface area contributed by atoms with E-state index in [9.17, 15) is 9.59 Å². The van der Waals surface area contributed by atoms with Gasteiger partial charge in [-0.1, -0.05) is 69.3 Å². The number of nitrogens with zero attached hydrogens (tertiary/aromatic N) is 2. The Labute approximate surface area is 170 Å². The number of hydrogen-bond acceptors (Lipinski definition) is 3. The molecule has 3 aromatic rings. The van der Waals surface area contributed by atoms with E-state index in [0.717, 1.165) is 22.5 Å². The molecule has 29 heavy (non-hydrogen) atoms. The van der Waals surface area contributed by atoms with E-state index in [1.54, 1.807) is 0 Å². The number of aromatic nitrogens is 2. The summed E-state index contributed by atoms with van der Waals surface area (Å²) in [4.78, 5) is 24.2. The maximum absolute atomic E-state index is 12.2. The van der Waals surface area contributed by atoms with Crippen LogP contribution < -0.4 is 10.6 Å². The number of amides is 2. The standard InChI is InChI=1S/C23H26N4O2/c1-23(2,3)22(29)25-15-20(28)24-14-18-16-27(19-12-8-5-9-13-19)26-21(18)17-10-6-4-7-11-17/h4-13,16H,14-15H2,1-3H3,(H,24,28)(H,25,29). The Balaban J connectivity index is 1.75. The minimum atomic E-state index is -0.530. The molecule has 0 aliphatic carbocycles. The second-order valence-corrected chi connectivity index (χ2v) is 7.86. The molecule has 2 N–H and O–H groups in total. The predicted octanol–water partition coefficient (Wildman–Crippen LogP) is 3.32. The molecule has 0 spiro atoms. The van der Waals surface area contributed by atoms with Crippen molar-refractivity contribution in [3.8, 4) is 16.9 Å². The number of carbonyl (C=O) groups is 2. The number of rotatable bonds is 6. The Morgan fingerprint density at radius 2 is 1.55 bits per heavy atom. The molecule has 1 aromatic heterocycles. The molecular formula is C23H26N4O2. The highest BCUT2D eigenvalue weighted by atomic mass is 16.2. The lowest BCUT2D eigenvalue weighted by Crippen LogP contribution is -2.41. The third-order valence-electron chi connectivity index (χ3n) is 4.42. The molecule has 0 saturated heterocycles. The first-order valence-electron chi connectivity index (χ1n) is 9.59. The van der Waals surface area contributed by atoms with Crippen LogP contribution in [-0.2, 0) is 16.1 Å². The second kappa shape index (κ2) is 8.73. The van der Waals surface area contributed by atoms with Crippen molar-refractivity contribution in [2.24, 2.45) is 5.41 Å². The largest absolute Gasteiger partial charge is 0.350 e. The second-order valence-electron chi connectivity index (χ2n) is 7.86. The summed E-state index contributed by atoms with van der Waals surface area (Å²) in [5.41, 5.74) is 3.11. The lowest BCUT2D eigenvalue weighted by Gasteiger charge is -2.17. The molecule has 1 heterocycles. The average molecular weight is 390 g/mol. The lowest BCUT2D eigenvalue weighted by atomic mass is 9.96. The van der Waals surface area contributed by atoms with Gasteiger partial charge in [-0.05, 0) is 12.1 Å². The molecule has 0 atom stereocenters. The van der Waals surface area contributed by atoms with Crippen molar-refractivity contribution in [3.05, 3.63) is 72.4 Å². The zero-order chi connectivity index (χ0) is 20.9. The fourth-order valence-corrected chi connectivity index (χ4v) is 2.77. The van der Waals surface area contributed by atoms with Crippen LogP contribution in [0.2, 0.25) is 0 Å². The summed E-state index contributed by atoms with van der Waals surface area (Å²) in [6.45, 7) is 5.70. The van der Waals surface area contributed by atoms with Crippen molar-refractivity contribution in [3.63, 3.8) is 0 Å². The van der Waals surface area contributed by atoms with Crippen molar-refractivity contribution >= 4 is 11.8 Å². The minimum absolute atomic E-state index is 0.0520. The molecule has 2 amide bonds. The molecule has 0 aliphatic rings. The van der Waals surface area contributed by atoms with Crippen molar-refractivity contribution in [1.29, 1.82) is 0 Å². The first kappa shape index (κ1) is 20.3. The Kier molecular flexibility index (Phi) is 6.12. The van der Waals surface area contributed by atoms with E-state index in [0.29, 0.717) is 6.54 Å². The van der Waals surface area contributed by atoms with Crippen LogP contribution in [0.1, 0.15) is 26.3 Å². The normalized spacial score (nSPS) is 11.1. The third-order valence-corrected chi connectivity index (χ3v) is 4.42. The van der Waals surface area contributed by atoms with Gasteiger partial charge >= 0.3 is 0 Å². The first-order valence-corrected chi connectivity index (χ1v) is 9.59. The van der Waals surface area contributed by atoms with E-state index in [4.69, 9.17) is 5.10 Å². The lowest BCUT2D eigenvalue weighted by molar-refractivity contribution is -0.131. The van der Waals surface area contributed by atoms with E-state index in [1.165, 1.54) is 0 Å². The van der Waals surface area contributed by atoms with Gasteiger partial charge in [0.2, 0.25) is 11.8 Å². The van der Waals surface area contributed by atoms with E-state index in [-0.39, 0.29) is 18.4 Å². The zero-order valence-electron chi connectivity index (χ0n) is 17.0. The predicted molar refractivity (Wildman–Crippen MR) is 113 cm³/mol. The van der Waals surface area contributed by atoms with Gasteiger partial charge < -0.3 is 10.6 Å². The Morgan fingerprint density at radius 1 is 0.931 bits per heavy atom. The van der Waals surface area contributed by atoms with E-state index in [1.807, 2.05) is 92.3 Å². The molecule has 0 aliphatic heterocycles. The van der Waals surface area contributed by atoms with Crippen LogP contribution in [-0.4, -0.2) is 28.1 Å². The average Bonchev–Trinajstić information content (AvgIpc) is 3.15. The highest BCUT2D eigenvalue weighted by molar-refractivity contribution is 5.87. The maximum atomic E-state index is 12.2. The van der Waals surface area contributed by atoms with Gasteiger partial charge in [0, 0.05) is 29.3 Å². The van der Waals surface area contributed by atoms with Crippen LogP contribution in [0.5, 0.6) is 0 Å². The van der Waals surface area contributed by atoms with E-state index >= 15 is 0 Å². The summed E-state index contributed by atoms with van der Waals surface area (Å²) in [6, 6.07) is 19.7. The molecule has 150 valence electrons. The molecule has 0 fully saturated rings. The summed E-state index contributed by atoms with van der Waals surface area (Å²) >= 11 is 0. The smallest absolute Gasteiger partial charge is 0.239 e. The van der Waals surface area contributed by atoms with Crippen molar-refractivity contribution in [2.45, 2.75) is 27.3 Å². The third kappa shape index (κ3) is 5.31. The summed E-state index contributed by atoms with van der Waals surface area (Å²) in [7, 11) is 0. The van der Waals surface area contributed by atoms with Crippen LogP contribution in [0.4, 0.5) is 0 Å². The molecule has 6 nitrogen and oxygen atoms in total. The van der Waals surface area contributed by atoms with E-state index in [2.05, 4.69) is 10.6 Å². The summed E-state index contributed by atoms with van der Waals surface area (Å²) in [5, 5.41) is 10.3. The molecule has 6 heteroatoms. The molecule has 0 radical (unpaired) electrons. The number of para-hydroxylation sites is 1. The van der Waals surface area contributed by atoms with Crippen LogP contribution in [0.3, 0.4) is 0 Å². The number of benzene rings is 2. The molecule has 0 unspecified atom stereocenters. The van der Waals surface area contributed by atoms with Gasteiger partial charge in [0.15, 0.2) is 0 Å². The molecule has 3 rings (SSSR count). The quantitative estimate of drug-likeness (QED) is 0.678. The monoisotopic (exact) mass is 390 g/mol. The maximum Gasteiger partial charge on any atom is 0.239 e. The molecule has 2 aromatic carbocycles. The zero-order valence-corrected chi connectivity index (χ0v) is 17.0. The Bertz CT molecular complexity index is 973. The summed E-state index contributed by atoms with van der Waals surface area (Å²) in [6.07, 6.45) is 1.92. The fraction of sp³-hybridized carbons (Fsp3) is 0.261. The van der Waals surface area contributed by atoms with Gasteiger partial charge in [-0.25, -0.2) is 4.68 Å². The molecular weight excluding hydrogens is 364 g/mol. The fourth-order valence-electron chi connectivity index (χ4n) is 2.77. The number of carbonyl (C=O) groups excluding carboxylic acids is 2. The summed E-state index contributed by atoms with van der Waals surface area (Å²) < 4.78 is 1.81. The van der Waals surface area contributed by atoms with E-state index < -0.39 is 5.41 Å².